The molecule has 21 heavy (non-hydrogen) atoms. The minimum atomic E-state index is -3.46. The summed E-state index contributed by atoms with van der Waals surface area (Å²) in [4.78, 5) is 0. The van der Waals surface area contributed by atoms with Crippen molar-refractivity contribution in [2.45, 2.75) is 36.1 Å². The molecule has 0 bridgehead atoms. The van der Waals surface area contributed by atoms with E-state index in [0.29, 0.717) is 28.6 Å². The molecule has 1 aliphatic heterocycles. The van der Waals surface area contributed by atoms with Crippen LogP contribution in [0.3, 0.4) is 0 Å². The average Bonchev–Trinajstić information content (AvgIpc) is 2.81. The molecule has 1 aromatic heterocycles. The molecule has 1 fully saturated rings. The van der Waals surface area contributed by atoms with Gasteiger partial charge in [0.15, 0.2) is 0 Å². The van der Waals surface area contributed by atoms with Crippen LogP contribution in [-0.4, -0.2) is 31.4 Å². The fraction of sp³-hybridized carbons (Fsp3) is 0.429. The zero-order valence-corrected chi connectivity index (χ0v) is 14.0. The molecule has 2 N–H and O–H groups in total. The Kier molecular flexibility index (Phi) is 4.00. The Morgan fingerprint density at radius 2 is 2.14 bits per heavy atom. The van der Waals surface area contributed by atoms with Gasteiger partial charge in [-0.05, 0) is 49.4 Å². The van der Waals surface area contributed by atoms with Gasteiger partial charge in [0.05, 0.1) is 0 Å². The van der Waals surface area contributed by atoms with Gasteiger partial charge >= 0.3 is 0 Å². The van der Waals surface area contributed by atoms with Crippen LogP contribution in [-0.2, 0) is 10.0 Å². The molecule has 0 amide bonds. The van der Waals surface area contributed by atoms with Gasteiger partial charge < -0.3 is 5.73 Å². The predicted molar refractivity (Wildman–Crippen MR) is 87.4 cm³/mol. The van der Waals surface area contributed by atoms with Crippen molar-refractivity contribution in [2.75, 3.05) is 6.54 Å². The summed E-state index contributed by atoms with van der Waals surface area (Å²) < 4.78 is 28.5. The van der Waals surface area contributed by atoms with Crippen LogP contribution >= 0.6 is 22.9 Å². The summed E-state index contributed by atoms with van der Waals surface area (Å²) in [6, 6.07) is 7.17. The number of rotatable bonds is 2. The van der Waals surface area contributed by atoms with Gasteiger partial charge in [-0.2, -0.15) is 4.31 Å². The molecule has 3 rings (SSSR count). The van der Waals surface area contributed by atoms with E-state index in [4.69, 9.17) is 17.3 Å². The first-order chi connectivity index (χ1) is 9.88. The lowest BCUT2D eigenvalue weighted by atomic mass is 10.0. The molecule has 2 aromatic rings. The maximum atomic E-state index is 12.8. The van der Waals surface area contributed by atoms with E-state index in [9.17, 15) is 8.42 Å². The maximum absolute atomic E-state index is 12.8. The van der Waals surface area contributed by atoms with Crippen molar-refractivity contribution in [3.63, 3.8) is 0 Å². The van der Waals surface area contributed by atoms with Crippen molar-refractivity contribution in [1.82, 2.24) is 4.31 Å². The maximum Gasteiger partial charge on any atom is 0.252 e. The number of nitrogens with two attached hydrogens (primary N) is 1. The number of sulfonamides is 1. The fourth-order valence-electron chi connectivity index (χ4n) is 2.78. The molecule has 1 aliphatic rings. The lowest BCUT2D eigenvalue weighted by Crippen LogP contribution is -2.48. The first-order valence-electron chi connectivity index (χ1n) is 6.84. The molecule has 114 valence electrons. The van der Waals surface area contributed by atoms with E-state index < -0.39 is 10.0 Å². The summed E-state index contributed by atoms with van der Waals surface area (Å²) in [6.07, 6.45) is 1.41. The van der Waals surface area contributed by atoms with Crippen molar-refractivity contribution in [1.29, 1.82) is 0 Å². The molecule has 2 heterocycles. The quantitative estimate of drug-likeness (QED) is 0.910. The Labute approximate surface area is 133 Å². The van der Waals surface area contributed by atoms with Crippen LogP contribution in [0.25, 0.3) is 10.1 Å². The molecule has 0 radical (unpaired) electrons. The summed E-state index contributed by atoms with van der Waals surface area (Å²) in [5.74, 6) is 0. The number of fused-ring (bicyclic) bond motifs is 1. The zero-order valence-electron chi connectivity index (χ0n) is 11.6. The molecule has 4 nitrogen and oxygen atoms in total. The molecule has 1 saturated heterocycles. The third-order valence-corrected chi connectivity index (χ3v) is 7.69. The first kappa shape index (κ1) is 15.2. The Bertz CT molecular complexity index is 772. The second kappa shape index (κ2) is 5.52. The standard InChI is InChI=1S/C14H17ClN2O2S2/c1-9-6-12(16)4-5-17(9)21(18,19)14-8-10-7-11(15)2-3-13(10)20-14/h2-3,7-9,12H,4-6,16H2,1H3/t9-,12+/m0/s1. The van der Waals surface area contributed by atoms with E-state index in [1.165, 1.54) is 11.3 Å². The van der Waals surface area contributed by atoms with Gasteiger partial charge in [0.25, 0.3) is 10.0 Å². The number of piperidine rings is 1. The minimum Gasteiger partial charge on any atom is -0.328 e. The van der Waals surface area contributed by atoms with Crippen LogP contribution in [0.1, 0.15) is 19.8 Å². The van der Waals surface area contributed by atoms with Gasteiger partial charge in [-0.1, -0.05) is 11.6 Å². The summed E-state index contributed by atoms with van der Waals surface area (Å²) in [5, 5.41) is 1.48. The van der Waals surface area contributed by atoms with Crippen molar-refractivity contribution in [2.24, 2.45) is 5.73 Å². The molecular weight excluding hydrogens is 328 g/mol. The van der Waals surface area contributed by atoms with Crippen molar-refractivity contribution in [3.05, 3.63) is 29.3 Å². The molecule has 0 saturated carbocycles. The monoisotopic (exact) mass is 344 g/mol. The lowest BCUT2D eigenvalue weighted by molar-refractivity contribution is 0.247. The second-order valence-corrected chi connectivity index (χ2v) is 9.13. The van der Waals surface area contributed by atoms with Crippen molar-refractivity contribution >= 4 is 43.0 Å². The topological polar surface area (TPSA) is 63.4 Å². The van der Waals surface area contributed by atoms with E-state index in [0.717, 1.165) is 10.1 Å². The van der Waals surface area contributed by atoms with Crippen LogP contribution < -0.4 is 5.73 Å². The van der Waals surface area contributed by atoms with E-state index in [-0.39, 0.29) is 12.1 Å². The number of nitrogens with zero attached hydrogens (tertiary/aromatic N) is 1. The van der Waals surface area contributed by atoms with Gasteiger partial charge in [-0.15, -0.1) is 11.3 Å². The SMILES string of the molecule is C[C@H]1C[C@H](N)CCN1S(=O)(=O)c1cc2cc(Cl)ccc2s1. The van der Waals surface area contributed by atoms with E-state index in [1.807, 2.05) is 13.0 Å². The number of hydrogen-bond donors (Lipinski definition) is 1. The van der Waals surface area contributed by atoms with Gasteiger partial charge in [-0.25, -0.2) is 8.42 Å². The third-order valence-electron chi connectivity index (χ3n) is 3.87. The summed E-state index contributed by atoms with van der Waals surface area (Å²) >= 11 is 7.25. The van der Waals surface area contributed by atoms with E-state index in [2.05, 4.69) is 0 Å². The van der Waals surface area contributed by atoms with Gasteiger partial charge in [-0.3, -0.25) is 0 Å². The van der Waals surface area contributed by atoms with Crippen LogP contribution in [0.15, 0.2) is 28.5 Å². The molecular formula is C14H17ClN2O2S2. The van der Waals surface area contributed by atoms with Gasteiger partial charge in [0.2, 0.25) is 0 Å². The Morgan fingerprint density at radius 1 is 1.38 bits per heavy atom. The van der Waals surface area contributed by atoms with E-state index in [1.54, 1.807) is 22.5 Å². The molecule has 2 atom stereocenters. The molecule has 1 aromatic carbocycles. The molecule has 0 spiro atoms. The molecule has 0 unspecified atom stereocenters. The van der Waals surface area contributed by atoms with Crippen LogP contribution in [0, 0.1) is 0 Å². The first-order valence-corrected chi connectivity index (χ1v) is 9.48. The summed E-state index contributed by atoms with van der Waals surface area (Å²) in [5.41, 5.74) is 5.91. The second-order valence-electron chi connectivity index (χ2n) is 5.50. The average molecular weight is 345 g/mol. The highest BCUT2D eigenvalue weighted by atomic mass is 35.5. The smallest absolute Gasteiger partial charge is 0.252 e. The highest BCUT2D eigenvalue weighted by Crippen LogP contribution is 2.34. The van der Waals surface area contributed by atoms with Crippen LogP contribution in [0.2, 0.25) is 5.02 Å². The van der Waals surface area contributed by atoms with E-state index >= 15 is 0 Å². The Balaban J connectivity index is 2.00. The number of benzene rings is 1. The fourth-order valence-corrected chi connectivity index (χ4v) is 6.12. The number of thiophene rings is 1. The van der Waals surface area contributed by atoms with Gasteiger partial charge in [0, 0.05) is 28.4 Å². The summed E-state index contributed by atoms with van der Waals surface area (Å²) in [7, 11) is -3.46. The molecule has 0 aliphatic carbocycles. The highest BCUT2D eigenvalue weighted by Gasteiger charge is 2.34. The molecule has 7 heteroatoms. The minimum absolute atomic E-state index is 0.0625. The number of hydrogen-bond acceptors (Lipinski definition) is 4. The van der Waals surface area contributed by atoms with Crippen molar-refractivity contribution in [3.8, 4) is 0 Å². The largest absolute Gasteiger partial charge is 0.328 e. The van der Waals surface area contributed by atoms with Gasteiger partial charge in [0.1, 0.15) is 4.21 Å². The number of halogens is 1. The highest BCUT2D eigenvalue weighted by molar-refractivity contribution is 7.91. The van der Waals surface area contributed by atoms with Crippen LogP contribution in [0.5, 0.6) is 0 Å². The normalized spacial score (nSPS) is 24.5. The summed E-state index contributed by atoms with van der Waals surface area (Å²) in [6.45, 7) is 2.40. The van der Waals surface area contributed by atoms with Crippen molar-refractivity contribution < 1.29 is 8.42 Å². The predicted octanol–water partition coefficient (Wildman–Crippen LogP) is 3.06. The third kappa shape index (κ3) is 2.83. The Hall–Kier alpha value is -0.660. The Morgan fingerprint density at radius 3 is 2.86 bits per heavy atom. The lowest BCUT2D eigenvalue weighted by Gasteiger charge is -2.34. The van der Waals surface area contributed by atoms with Crippen LogP contribution in [0.4, 0.5) is 0 Å². The zero-order chi connectivity index (χ0) is 15.2.